The summed E-state index contributed by atoms with van der Waals surface area (Å²) in [7, 11) is 0. The van der Waals surface area contributed by atoms with Crippen LogP contribution in [-0.4, -0.2) is 34.6 Å². The zero-order valence-corrected chi connectivity index (χ0v) is 23.5. The molecule has 2 heterocycles. The SMILES string of the molecule is CC(C)OC(=O)COc1ccc(Br)cc1C=Nn1c(-c2cc3cc(Br)ccc3o2)nc2ccccc2c1=O. The van der Waals surface area contributed by atoms with E-state index in [0.717, 1.165) is 14.3 Å². The van der Waals surface area contributed by atoms with Gasteiger partial charge in [-0.05, 0) is 68.4 Å². The number of fused-ring (bicyclic) bond motifs is 2. The minimum Gasteiger partial charge on any atom is -0.481 e. The number of para-hydroxylation sites is 1. The first-order valence-electron chi connectivity index (χ1n) is 11.7. The van der Waals surface area contributed by atoms with E-state index in [2.05, 4.69) is 37.0 Å². The zero-order chi connectivity index (χ0) is 26.8. The van der Waals surface area contributed by atoms with Gasteiger partial charge >= 0.3 is 5.97 Å². The van der Waals surface area contributed by atoms with Gasteiger partial charge in [0.05, 0.1) is 23.2 Å². The Balaban J connectivity index is 1.59. The van der Waals surface area contributed by atoms with Crippen LogP contribution in [0.25, 0.3) is 33.5 Å². The summed E-state index contributed by atoms with van der Waals surface area (Å²) < 4.78 is 19.8. The number of carbonyl (C=O) groups is 1. The molecule has 0 N–H and O–H groups in total. The van der Waals surface area contributed by atoms with Crippen LogP contribution in [0.5, 0.6) is 5.75 Å². The fourth-order valence-corrected chi connectivity index (χ4v) is 4.58. The lowest BCUT2D eigenvalue weighted by molar-refractivity contribution is -0.149. The van der Waals surface area contributed by atoms with Gasteiger partial charge in [-0.25, -0.2) is 9.78 Å². The number of rotatable bonds is 7. The molecule has 0 fully saturated rings. The van der Waals surface area contributed by atoms with Gasteiger partial charge in [-0.2, -0.15) is 9.78 Å². The molecule has 0 spiro atoms. The van der Waals surface area contributed by atoms with Crippen molar-refractivity contribution in [1.29, 1.82) is 0 Å². The lowest BCUT2D eigenvalue weighted by atomic mass is 10.2. The Labute approximate surface area is 234 Å². The van der Waals surface area contributed by atoms with E-state index in [1.165, 1.54) is 10.9 Å². The standard InChI is InChI=1S/C28H21Br2N3O5/c1-16(2)37-26(34)15-36-23-9-7-20(30)12-18(23)14-31-33-27(32-22-6-4-3-5-21(22)28(33)35)25-13-17-11-19(29)8-10-24(17)38-25/h3-14,16H,15H2,1-2H3. The molecule has 0 atom stereocenters. The molecular formula is C28H21Br2N3O5. The van der Waals surface area contributed by atoms with E-state index in [4.69, 9.17) is 18.9 Å². The lowest BCUT2D eigenvalue weighted by Gasteiger charge is -2.11. The van der Waals surface area contributed by atoms with E-state index in [1.54, 1.807) is 50.2 Å². The monoisotopic (exact) mass is 637 g/mol. The van der Waals surface area contributed by atoms with Crippen molar-refractivity contribution in [2.75, 3.05) is 6.61 Å². The molecular weight excluding hydrogens is 618 g/mol. The van der Waals surface area contributed by atoms with Crippen molar-refractivity contribution in [3.8, 4) is 17.3 Å². The Kier molecular flexibility index (Phi) is 7.44. The quantitative estimate of drug-likeness (QED) is 0.148. The minimum absolute atomic E-state index is 0.246. The molecule has 8 nitrogen and oxygen atoms in total. The molecule has 10 heteroatoms. The van der Waals surface area contributed by atoms with Gasteiger partial charge in [-0.1, -0.05) is 44.0 Å². The van der Waals surface area contributed by atoms with Crippen LogP contribution in [0.3, 0.4) is 0 Å². The number of hydrogen-bond acceptors (Lipinski definition) is 7. The predicted molar refractivity (Wildman–Crippen MR) is 153 cm³/mol. The van der Waals surface area contributed by atoms with Gasteiger partial charge in [0.2, 0.25) is 5.82 Å². The first-order chi connectivity index (χ1) is 18.3. The highest BCUT2D eigenvalue weighted by Crippen LogP contribution is 2.29. The molecule has 2 aromatic heterocycles. The molecule has 0 aliphatic carbocycles. The van der Waals surface area contributed by atoms with E-state index >= 15 is 0 Å². The van der Waals surface area contributed by atoms with Gasteiger partial charge < -0.3 is 13.9 Å². The Morgan fingerprint density at radius 2 is 1.84 bits per heavy atom. The van der Waals surface area contributed by atoms with Crippen molar-refractivity contribution in [2.24, 2.45) is 5.10 Å². The zero-order valence-electron chi connectivity index (χ0n) is 20.4. The highest BCUT2D eigenvalue weighted by Gasteiger charge is 2.17. The normalized spacial score (nSPS) is 11.6. The van der Waals surface area contributed by atoms with Crippen molar-refractivity contribution in [2.45, 2.75) is 20.0 Å². The summed E-state index contributed by atoms with van der Waals surface area (Å²) in [6.07, 6.45) is 1.23. The molecule has 0 aliphatic rings. The fourth-order valence-electron chi connectivity index (χ4n) is 3.82. The molecule has 192 valence electrons. The summed E-state index contributed by atoms with van der Waals surface area (Å²) in [6, 6.07) is 19.8. The average Bonchev–Trinajstić information content (AvgIpc) is 3.30. The molecule has 0 bridgehead atoms. The Hall–Kier alpha value is -3.76. The van der Waals surface area contributed by atoms with Gasteiger partial charge in [0, 0.05) is 19.9 Å². The summed E-state index contributed by atoms with van der Waals surface area (Å²) >= 11 is 6.92. The number of esters is 1. The Morgan fingerprint density at radius 3 is 2.66 bits per heavy atom. The van der Waals surface area contributed by atoms with E-state index < -0.39 is 5.97 Å². The highest BCUT2D eigenvalue weighted by atomic mass is 79.9. The second kappa shape index (κ2) is 10.9. The van der Waals surface area contributed by atoms with Crippen LogP contribution in [0.2, 0.25) is 0 Å². The molecule has 5 aromatic rings. The maximum atomic E-state index is 13.5. The molecule has 0 saturated carbocycles. The number of benzene rings is 3. The van der Waals surface area contributed by atoms with Crippen molar-refractivity contribution in [3.63, 3.8) is 0 Å². The van der Waals surface area contributed by atoms with Crippen molar-refractivity contribution in [3.05, 3.63) is 91.6 Å². The number of carbonyl (C=O) groups excluding carboxylic acids is 1. The van der Waals surface area contributed by atoms with Gasteiger partial charge in [0.15, 0.2) is 12.4 Å². The third-order valence-corrected chi connectivity index (χ3v) is 6.44. The number of furan rings is 1. The topological polar surface area (TPSA) is 95.9 Å². The van der Waals surface area contributed by atoms with Crippen LogP contribution in [0.4, 0.5) is 0 Å². The van der Waals surface area contributed by atoms with Gasteiger partial charge in [-0.15, -0.1) is 0 Å². The molecule has 0 radical (unpaired) electrons. The van der Waals surface area contributed by atoms with Crippen LogP contribution in [0.1, 0.15) is 19.4 Å². The van der Waals surface area contributed by atoms with Crippen LogP contribution >= 0.6 is 31.9 Å². The number of aromatic nitrogens is 2. The first-order valence-corrected chi connectivity index (χ1v) is 13.2. The fraction of sp³-hybridized carbons (Fsp3) is 0.143. The van der Waals surface area contributed by atoms with Gasteiger partial charge in [-0.3, -0.25) is 4.79 Å². The van der Waals surface area contributed by atoms with Crippen LogP contribution in [0.15, 0.2) is 90.0 Å². The van der Waals surface area contributed by atoms with Gasteiger partial charge in [0.25, 0.3) is 5.56 Å². The molecule has 0 saturated heterocycles. The summed E-state index contributed by atoms with van der Waals surface area (Å²) in [5.74, 6) is 0.546. The van der Waals surface area contributed by atoms with E-state index in [0.29, 0.717) is 33.6 Å². The second-order valence-electron chi connectivity index (χ2n) is 8.62. The minimum atomic E-state index is -0.487. The van der Waals surface area contributed by atoms with Crippen LogP contribution in [0, 0.1) is 0 Å². The van der Waals surface area contributed by atoms with Crippen LogP contribution < -0.4 is 10.3 Å². The van der Waals surface area contributed by atoms with Crippen molar-refractivity contribution < 1.29 is 18.7 Å². The van der Waals surface area contributed by atoms with Gasteiger partial charge in [0.1, 0.15) is 11.3 Å². The second-order valence-corrected chi connectivity index (χ2v) is 10.4. The van der Waals surface area contributed by atoms with Crippen molar-refractivity contribution in [1.82, 2.24) is 9.66 Å². The number of ether oxygens (including phenoxy) is 2. The summed E-state index contributed by atoms with van der Waals surface area (Å²) in [4.78, 5) is 30.2. The largest absolute Gasteiger partial charge is 0.481 e. The molecule has 5 rings (SSSR count). The van der Waals surface area contributed by atoms with Crippen molar-refractivity contribution >= 4 is 65.9 Å². The lowest BCUT2D eigenvalue weighted by Crippen LogP contribution is -2.20. The summed E-state index contributed by atoms with van der Waals surface area (Å²) in [5.41, 5.74) is 1.35. The molecule has 3 aromatic carbocycles. The maximum absolute atomic E-state index is 13.5. The number of hydrogen-bond donors (Lipinski definition) is 0. The summed E-state index contributed by atoms with van der Waals surface area (Å²) in [5, 5.41) is 5.76. The highest BCUT2D eigenvalue weighted by molar-refractivity contribution is 9.10. The number of halogens is 2. The third-order valence-electron chi connectivity index (χ3n) is 5.45. The van der Waals surface area contributed by atoms with E-state index in [9.17, 15) is 9.59 Å². The molecule has 0 amide bonds. The Bertz CT molecular complexity index is 1760. The van der Waals surface area contributed by atoms with E-state index in [-0.39, 0.29) is 24.1 Å². The molecule has 0 aliphatic heterocycles. The first kappa shape index (κ1) is 25.9. The number of nitrogens with zero attached hydrogens (tertiary/aromatic N) is 3. The molecule has 38 heavy (non-hydrogen) atoms. The van der Waals surface area contributed by atoms with Crippen LogP contribution in [-0.2, 0) is 9.53 Å². The average molecular weight is 639 g/mol. The maximum Gasteiger partial charge on any atom is 0.344 e. The third kappa shape index (κ3) is 5.56. The smallest absolute Gasteiger partial charge is 0.344 e. The predicted octanol–water partition coefficient (Wildman–Crippen LogP) is 6.55. The summed E-state index contributed by atoms with van der Waals surface area (Å²) in [6.45, 7) is 3.27. The Morgan fingerprint density at radius 1 is 1.08 bits per heavy atom. The molecule has 0 unspecified atom stereocenters. The van der Waals surface area contributed by atoms with E-state index in [1.807, 2.05) is 30.3 Å².